The van der Waals surface area contributed by atoms with Gasteiger partial charge in [0, 0.05) is 41.4 Å². The minimum Gasteiger partial charge on any atom is -0.497 e. The van der Waals surface area contributed by atoms with Crippen LogP contribution in [-0.2, 0) is 17.6 Å². The Balaban J connectivity index is 1.93. The third kappa shape index (κ3) is 4.91. The van der Waals surface area contributed by atoms with Crippen molar-refractivity contribution in [1.29, 1.82) is 0 Å². The number of aromatic nitrogens is 2. The number of fused-ring (bicyclic) bond motifs is 2. The molecule has 0 aliphatic carbocycles. The number of hydrogen-bond donors (Lipinski definition) is 3. The largest absolute Gasteiger partial charge is 0.497 e. The van der Waals surface area contributed by atoms with Crippen LogP contribution in [0.5, 0.6) is 17.2 Å². The number of pyridine rings is 2. The molecule has 188 valence electrons. The maximum atomic E-state index is 13.4. The highest BCUT2D eigenvalue weighted by atomic mass is 16.5. The van der Waals surface area contributed by atoms with Gasteiger partial charge in [-0.05, 0) is 60.7 Å². The lowest BCUT2D eigenvalue weighted by Crippen LogP contribution is -2.19. The van der Waals surface area contributed by atoms with Crippen molar-refractivity contribution < 1.29 is 19.0 Å². The number of anilines is 1. The summed E-state index contributed by atoms with van der Waals surface area (Å²) in [5.74, 6) is 2.02. The molecule has 0 atom stereocenters. The van der Waals surface area contributed by atoms with Crippen LogP contribution < -0.4 is 30.8 Å². The molecule has 9 heteroatoms. The second-order valence-electron chi connectivity index (χ2n) is 8.39. The smallest absolute Gasteiger partial charge is 0.252 e. The van der Waals surface area contributed by atoms with Crippen molar-refractivity contribution >= 4 is 33.4 Å². The van der Waals surface area contributed by atoms with Crippen molar-refractivity contribution in [2.75, 3.05) is 33.2 Å². The van der Waals surface area contributed by atoms with Crippen LogP contribution in [0, 0.1) is 0 Å². The molecule has 0 bridgehead atoms. The first-order chi connectivity index (χ1) is 17.4. The van der Waals surface area contributed by atoms with E-state index in [0.29, 0.717) is 53.3 Å². The van der Waals surface area contributed by atoms with Crippen LogP contribution in [0.2, 0.25) is 0 Å². The van der Waals surface area contributed by atoms with E-state index in [1.165, 1.54) is 0 Å². The van der Waals surface area contributed by atoms with Gasteiger partial charge in [0.15, 0.2) is 11.5 Å². The van der Waals surface area contributed by atoms with Gasteiger partial charge in [-0.3, -0.25) is 9.59 Å². The normalized spacial score (nSPS) is 11.0. The molecule has 0 saturated heterocycles. The number of methoxy groups -OCH3 is 3. The van der Waals surface area contributed by atoms with Crippen molar-refractivity contribution in [3.63, 3.8) is 0 Å². The van der Waals surface area contributed by atoms with E-state index in [2.05, 4.69) is 10.3 Å². The molecule has 2 aromatic carbocycles. The summed E-state index contributed by atoms with van der Waals surface area (Å²) in [7, 11) is 4.72. The van der Waals surface area contributed by atoms with Gasteiger partial charge in [0.05, 0.1) is 26.8 Å². The molecule has 0 radical (unpaired) electrons. The van der Waals surface area contributed by atoms with E-state index >= 15 is 0 Å². The summed E-state index contributed by atoms with van der Waals surface area (Å²) in [6.45, 7) is 2.67. The van der Waals surface area contributed by atoms with Crippen molar-refractivity contribution in [2.24, 2.45) is 5.73 Å². The van der Waals surface area contributed by atoms with Crippen LogP contribution in [0.15, 0.2) is 41.2 Å². The van der Waals surface area contributed by atoms with Gasteiger partial charge in [0.2, 0.25) is 5.91 Å². The average molecular weight is 491 g/mol. The number of carbonyl (C=O) groups is 1. The molecule has 2 heterocycles. The number of ether oxygens (including phenoxy) is 3. The second kappa shape index (κ2) is 10.6. The van der Waals surface area contributed by atoms with Crippen LogP contribution in [0.3, 0.4) is 0 Å². The molecule has 1 amide bonds. The molecular weight excluding hydrogens is 460 g/mol. The second-order valence-corrected chi connectivity index (χ2v) is 8.39. The summed E-state index contributed by atoms with van der Waals surface area (Å²) in [6.07, 6.45) is 0.733. The maximum absolute atomic E-state index is 13.4. The third-order valence-corrected chi connectivity index (χ3v) is 6.15. The Morgan fingerprint density at radius 3 is 2.39 bits per heavy atom. The molecule has 0 unspecified atom stereocenters. The Bertz CT molecular complexity index is 1500. The summed E-state index contributed by atoms with van der Waals surface area (Å²) >= 11 is 0. The number of aryl methyl sites for hydroxylation is 1. The molecule has 0 saturated carbocycles. The van der Waals surface area contributed by atoms with E-state index in [0.717, 1.165) is 27.6 Å². The Morgan fingerprint density at radius 2 is 1.75 bits per heavy atom. The molecule has 0 aliphatic heterocycles. The first-order valence-electron chi connectivity index (χ1n) is 11.7. The highest BCUT2D eigenvalue weighted by Gasteiger charge is 2.18. The number of aromatic amines is 1. The van der Waals surface area contributed by atoms with Crippen LogP contribution in [-0.4, -0.2) is 43.7 Å². The third-order valence-electron chi connectivity index (χ3n) is 6.15. The molecule has 36 heavy (non-hydrogen) atoms. The minimum atomic E-state index is -0.443. The molecule has 2 aromatic heterocycles. The Labute approximate surface area is 208 Å². The topological polar surface area (TPSA) is 129 Å². The standard InChI is InChI=1S/C27H30N4O5/c1-5-29-26-16(10-15-11-17(34-2)6-7-21(15)30-26)12-20-18-13-23(35-3)24(36-4)14-19(18)22(31-27(20)33)8-9-25(28)32/h6-7,10-11,13-14H,5,8-9,12H2,1-4H3,(H2,28,32)(H,29,30)(H,31,33). The summed E-state index contributed by atoms with van der Waals surface area (Å²) in [4.78, 5) is 32.6. The van der Waals surface area contributed by atoms with E-state index in [1.54, 1.807) is 27.4 Å². The summed E-state index contributed by atoms with van der Waals surface area (Å²) in [5, 5.41) is 5.71. The van der Waals surface area contributed by atoms with Crippen LogP contribution >= 0.6 is 0 Å². The highest BCUT2D eigenvalue weighted by Crippen LogP contribution is 2.35. The van der Waals surface area contributed by atoms with E-state index < -0.39 is 5.91 Å². The number of carbonyl (C=O) groups excluding carboxylic acids is 1. The molecule has 4 aromatic rings. The molecule has 0 aliphatic rings. The van der Waals surface area contributed by atoms with Crippen LogP contribution in [0.25, 0.3) is 21.7 Å². The van der Waals surface area contributed by atoms with Crippen molar-refractivity contribution in [3.05, 3.63) is 63.6 Å². The van der Waals surface area contributed by atoms with Gasteiger partial charge >= 0.3 is 0 Å². The lowest BCUT2D eigenvalue weighted by Gasteiger charge is -2.16. The van der Waals surface area contributed by atoms with Crippen LogP contribution in [0.4, 0.5) is 5.82 Å². The summed E-state index contributed by atoms with van der Waals surface area (Å²) in [6, 6.07) is 11.3. The Hall–Kier alpha value is -4.27. The molecule has 9 nitrogen and oxygen atoms in total. The molecule has 0 fully saturated rings. The van der Waals surface area contributed by atoms with Gasteiger partial charge in [-0.1, -0.05) is 0 Å². The summed E-state index contributed by atoms with van der Waals surface area (Å²) in [5.41, 5.74) is 7.98. The van der Waals surface area contributed by atoms with Gasteiger partial charge in [0.25, 0.3) is 5.56 Å². The zero-order valence-corrected chi connectivity index (χ0v) is 20.9. The lowest BCUT2D eigenvalue weighted by atomic mass is 9.96. The predicted molar refractivity (Wildman–Crippen MR) is 140 cm³/mol. The van der Waals surface area contributed by atoms with E-state index in [4.69, 9.17) is 24.9 Å². The zero-order chi connectivity index (χ0) is 25.8. The lowest BCUT2D eigenvalue weighted by molar-refractivity contribution is -0.118. The van der Waals surface area contributed by atoms with Gasteiger partial charge in [0.1, 0.15) is 11.6 Å². The number of nitrogens with two attached hydrogens (primary N) is 1. The van der Waals surface area contributed by atoms with Gasteiger partial charge in [-0.25, -0.2) is 4.98 Å². The van der Waals surface area contributed by atoms with E-state index in [-0.39, 0.29) is 12.0 Å². The average Bonchev–Trinajstić information content (AvgIpc) is 2.88. The quantitative estimate of drug-likeness (QED) is 0.310. The summed E-state index contributed by atoms with van der Waals surface area (Å²) < 4.78 is 16.4. The number of rotatable bonds is 10. The monoisotopic (exact) mass is 490 g/mol. The first-order valence-corrected chi connectivity index (χ1v) is 11.7. The fourth-order valence-electron chi connectivity index (χ4n) is 4.37. The predicted octanol–water partition coefficient (Wildman–Crippen LogP) is 3.54. The first kappa shape index (κ1) is 24.8. The maximum Gasteiger partial charge on any atom is 0.252 e. The van der Waals surface area contributed by atoms with Gasteiger partial charge in [-0.2, -0.15) is 0 Å². The number of nitrogens with one attached hydrogen (secondary N) is 2. The fraction of sp³-hybridized carbons (Fsp3) is 0.296. The highest BCUT2D eigenvalue weighted by molar-refractivity contribution is 5.91. The SMILES string of the molecule is CCNc1nc2ccc(OC)cc2cc1Cc1c(=O)[nH]c(CCC(N)=O)c2cc(OC)c(OC)cc12. The molecule has 4 N–H and O–H groups in total. The Kier molecular flexibility index (Phi) is 7.28. The van der Waals surface area contributed by atoms with E-state index in [1.807, 2.05) is 37.3 Å². The van der Waals surface area contributed by atoms with E-state index in [9.17, 15) is 9.59 Å². The molecule has 4 rings (SSSR count). The Morgan fingerprint density at radius 1 is 1.03 bits per heavy atom. The number of benzene rings is 2. The van der Waals surface area contributed by atoms with Gasteiger partial charge < -0.3 is 30.2 Å². The minimum absolute atomic E-state index is 0.111. The zero-order valence-electron chi connectivity index (χ0n) is 20.9. The van der Waals surface area contributed by atoms with Crippen molar-refractivity contribution in [2.45, 2.75) is 26.2 Å². The molecular formula is C27H30N4O5. The van der Waals surface area contributed by atoms with Crippen molar-refractivity contribution in [3.8, 4) is 17.2 Å². The van der Waals surface area contributed by atoms with Crippen molar-refractivity contribution in [1.82, 2.24) is 9.97 Å². The number of hydrogen-bond acceptors (Lipinski definition) is 7. The fourth-order valence-corrected chi connectivity index (χ4v) is 4.37. The number of nitrogens with zero attached hydrogens (tertiary/aromatic N) is 1. The number of H-pyrrole nitrogens is 1. The number of amides is 1. The molecule has 0 spiro atoms. The van der Waals surface area contributed by atoms with Crippen LogP contribution in [0.1, 0.15) is 30.2 Å². The number of primary amides is 1. The van der Waals surface area contributed by atoms with Gasteiger partial charge in [-0.15, -0.1) is 0 Å².